The van der Waals surface area contributed by atoms with E-state index in [4.69, 9.17) is 0 Å². The smallest absolute Gasteiger partial charge is 0.00914 e. The first kappa shape index (κ1) is 16.5. The Kier molecular flexibility index (Phi) is 7.25. The van der Waals surface area contributed by atoms with Gasteiger partial charge in [0, 0.05) is 6.04 Å². The van der Waals surface area contributed by atoms with Crippen molar-refractivity contribution in [3.05, 3.63) is 35.9 Å². The zero-order chi connectivity index (χ0) is 14.9. The van der Waals surface area contributed by atoms with Gasteiger partial charge in [0.25, 0.3) is 0 Å². The van der Waals surface area contributed by atoms with E-state index in [2.05, 4.69) is 54.4 Å². The maximum absolute atomic E-state index is 3.73. The van der Waals surface area contributed by atoms with Crippen molar-refractivity contribution in [1.29, 1.82) is 0 Å². The molecule has 0 aliphatic carbocycles. The van der Waals surface area contributed by atoms with Gasteiger partial charge in [-0.3, -0.25) is 0 Å². The van der Waals surface area contributed by atoms with Gasteiger partial charge in [0.2, 0.25) is 0 Å². The van der Waals surface area contributed by atoms with Gasteiger partial charge in [-0.05, 0) is 69.8 Å². The van der Waals surface area contributed by atoms with Gasteiger partial charge >= 0.3 is 0 Å². The Balaban J connectivity index is 1.55. The van der Waals surface area contributed by atoms with Crippen LogP contribution in [0.5, 0.6) is 0 Å². The lowest BCUT2D eigenvalue weighted by Crippen LogP contribution is -2.43. The van der Waals surface area contributed by atoms with Gasteiger partial charge in [-0.1, -0.05) is 44.2 Å². The molecule has 0 saturated carbocycles. The number of nitrogens with one attached hydrogen (secondary N) is 1. The van der Waals surface area contributed by atoms with Gasteiger partial charge in [0.1, 0.15) is 0 Å². The second-order valence-corrected chi connectivity index (χ2v) is 6.84. The number of piperidine rings is 1. The first-order valence-corrected chi connectivity index (χ1v) is 8.73. The van der Waals surface area contributed by atoms with Crippen LogP contribution in [-0.4, -0.2) is 37.1 Å². The molecule has 0 bridgehead atoms. The van der Waals surface area contributed by atoms with E-state index in [0.717, 1.165) is 12.0 Å². The average molecular weight is 288 g/mol. The molecule has 2 heteroatoms. The lowest BCUT2D eigenvalue weighted by Gasteiger charge is -2.32. The SMILES string of the molecule is CC(C)CCNC1CCN(CCCc2ccccc2)CC1. The Hall–Kier alpha value is -0.860. The molecule has 1 aromatic carbocycles. The van der Waals surface area contributed by atoms with Gasteiger partial charge in [-0.15, -0.1) is 0 Å². The van der Waals surface area contributed by atoms with Crippen molar-refractivity contribution in [2.45, 2.75) is 52.0 Å². The molecule has 1 N–H and O–H groups in total. The molecular formula is C19H32N2. The van der Waals surface area contributed by atoms with Crippen molar-refractivity contribution in [3.63, 3.8) is 0 Å². The zero-order valence-corrected chi connectivity index (χ0v) is 13.9. The zero-order valence-electron chi connectivity index (χ0n) is 13.9. The number of aryl methyl sites for hydroxylation is 1. The maximum Gasteiger partial charge on any atom is 0.00914 e. The van der Waals surface area contributed by atoms with E-state index >= 15 is 0 Å². The van der Waals surface area contributed by atoms with Crippen molar-refractivity contribution in [2.75, 3.05) is 26.2 Å². The monoisotopic (exact) mass is 288 g/mol. The average Bonchev–Trinajstić information content (AvgIpc) is 2.50. The molecule has 0 spiro atoms. The van der Waals surface area contributed by atoms with Crippen LogP contribution in [0.3, 0.4) is 0 Å². The van der Waals surface area contributed by atoms with Crippen molar-refractivity contribution >= 4 is 0 Å². The Morgan fingerprint density at radius 2 is 1.86 bits per heavy atom. The second-order valence-electron chi connectivity index (χ2n) is 6.84. The number of rotatable bonds is 8. The molecule has 1 fully saturated rings. The number of benzene rings is 1. The quantitative estimate of drug-likeness (QED) is 0.784. The summed E-state index contributed by atoms with van der Waals surface area (Å²) in [6.45, 7) is 9.60. The Morgan fingerprint density at radius 3 is 2.52 bits per heavy atom. The molecular weight excluding hydrogens is 256 g/mol. The first-order chi connectivity index (χ1) is 10.2. The summed E-state index contributed by atoms with van der Waals surface area (Å²) in [5, 5.41) is 3.73. The summed E-state index contributed by atoms with van der Waals surface area (Å²) in [6.07, 6.45) is 6.45. The summed E-state index contributed by atoms with van der Waals surface area (Å²) in [7, 11) is 0. The molecule has 1 aliphatic rings. The predicted molar refractivity (Wildman–Crippen MR) is 91.7 cm³/mol. The van der Waals surface area contributed by atoms with Crippen LogP contribution in [0, 0.1) is 5.92 Å². The highest BCUT2D eigenvalue weighted by Crippen LogP contribution is 2.12. The minimum Gasteiger partial charge on any atom is -0.314 e. The fraction of sp³-hybridized carbons (Fsp3) is 0.684. The normalized spacial score (nSPS) is 17.5. The Labute approximate surface area is 130 Å². The minimum atomic E-state index is 0.758. The molecule has 21 heavy (non-hydrogen) atoms. The van der Waals surface area contributed by atoms with E-state index in [1.807, 2.05) is 0 Å². The van der Waals surface area contributed by atoms with Crippen molar-refractivity contribution < 1.29 is 0 Å². The second kappa shape index (κ2) is 9.22. The molecule has 118 valence electrons. The third-order valence-electron chi connectivity index (χ3n) is 4.52. The van der Waals surface area contributed by atoms with E-state index in [1.54, 1.807) is 0 Å². The van der Waals surface area contributed by atoms with E-state index in [1.165, 1.54) is 63.8 Å². The maximum atomic E-state index is 3.73. The van der Waals surface area contributed by atoms with Crippen LogP contribution in [0.25, 0.3) is 0 Å². The van der Waals surface area contributed by atoms with Gasteiger partial charge < -0.3 is 10.2 Å². The Morgan fingerprint density at radius 1 is 1.14 bits per heavy atom. The molecule has 0 aromatic heterocycles. The summed E-state index contributed by atoms with van der Waals surface area (Å²) in [4.78, 5) is 2.64. The highest BCUT2D eigenvalue weighted by Gasteiger charge is 2.18. The van der Waals surface area contributed by atoms with Crippen molar-refractivity contribution in [2.24, 2.45) is 5.92 Å². The van der Waals surface area contributed by atoms with Crippen LogP contribution in [0.15, 0.2) is 30.3 Å². The number of hydrogen-bond acceptors (Lipinski definition) is 2. The van der Waals surface area contributed by atoms with E-state index < -0.39 is 0 Å². The standard InChI is InChI=1S/C19H32N2/c1-17(2)10-13-20-19-11-15-21(16-12-19)14-6-9-18-7-4-3-5-8-18/h3-5,7-8,17,19-20H,6,9-16H2,1-2H3. The molecule has 0 amide bonds. The molecule has 0 radical (unpaired) electrons. The predicted octanol–water partition coefficient (Wildman–Crippen LogP) is 3.72. The molecule has 0 unspecified atom stereocenters. The summed E-state index contributed by atoms with van der Waals surface area (Å²) in [5.41, 5.74) is 1.47. The molecule has 1 aromatic rings. The van der Waals surface area contributed by atoms with E-state index in [-0.39, 0.29) is 0 Å². The third-order valence-corrected chi connectivity index (χ3v) is 4.52. The minimum absolute atomic E-state index is 0.758. The van der Waals surface area contributed by atoms with E-state index in [0.29, 0.717) is 0 Å². The van der Waals surface area contributed by atoms with Crippen LogP contribution < -0.4 is 5.32 Å². The topological polar surface area (TPSA) is 15.3 Å². The van der Waals surface area contributed by atoms with Crippen LogP contribution in [0.1, 0.15) is 45.1 Å². The molecule has 1 aliphatic heterocycles. The van der Waals surface area contributed by atoms with E-state index in [9.17, 15) is 0 Å². The van der Waals surface area contributed by atoms with Crippen LogP contribution in [0.4, 0.5) is 0 Å². The number of likely N-dealkylation sites (tertiary alicyclic amines) is 1. The van der Waals surface area contributed by atoms with Crippen LogP contribution in [0.2, 0.25) is 0 Å². The van der Waals surface area contributed by atoms with Gasteiger partial charge in [-0.25, -0.2) is 0 Å². The van der Waals surface area contributed by atoms with Crippen molar-refractivity contribution in [3.8, 4) is 0 Å². The van der Waals surface area contributed by atoms with Crippen LogP contribution >= 0.6 is 0 Å². The van der Waals surface area contributed by atoms with Gasteiger partial charge in [0.15, 0.2) is 0 Å². The fourth-order valence-electron chi connectivity index (χ4n) is 3.09. The first-order valence-electron chi connectivity index (χ1n) is 8.73. The highest BCUT2D eigenvalue weighted by atomic mass is 15.1. The lowest BCUT2D eigenvalue weighted by atomic mass is 10.0. The van der Waals surface area contributed by atoms with Crippen molar-refractivity contribution in [1.82, 2.24) is 10.2 Å². The van der Waals surface area contributed by atoms with Gasteiger partial charge in [-0.2, -0.15) is 0 Å². The number of nitrogens with zero attached hydrogens (tertiary/aromatic N) is 1. The Bertz CT molecular complexity index is 366. The largest absolute Gasteiger partial charge is 0.314 e. The molecule has 0 atom stereocenters. The summed E-state index contributed by atoms with van der Waals surface area (Å²) in [5.74, 6) is 0.815. The summed E-state index contributed by atoms with van der Waals surface area (Å²) in [6, 6.07) is 11.6. The summed E-state index contributed by atoms with van der Waals surface area (Å²) < 4.78 is 0. The fourth-order valence-corrected chi connectivity index (χ4v) is 3.09. The highest BCUT2D eigenvalue weighted by molar-refractivity contribution is 5.14. The molecule has 1 saturated heterocycles. The molecule has 2 nitrogen and oxygen atoms in total. The molecule has 1 heterocycles. The third kappa shape index (κ3) is 6.62. The molecule has 2 rings (SSSR count). The lowest BCUT2D eigenvalue weighted by molar-refractivity contribution is 0.195. The summed E-state index contributed by atoms with van der Waals surface area (Å²) >= 11 is 0. The van der Waals surface area contributed by atoms with Crippen LogP contribution in [-0.2, 0) is 6.42 Å². The van der Waals surface area contributed by atoms with Gasteiger partial charge in [0.05, 0.1) is 0 Å². The number of hydrogen-bond donors (Lipinski definition) is 1.